The van der Waals surface area contributed by atoms with E-state index in [1.54, 1.807) is 35.4 Å². The van der Waals surface area contributed by atoms with E-state index >= 15 is 0 Å². The Balaban J connectivity index is 1.62. The van der Waals surface area contributed by atoms with Crippen LogP contribution in [0.1, 0.15) is 42.1 Å². The molecule has 2 fully saturated rings. The smallest absolute Gasteiger partial charge is 0.329 e. The zero-order chi connectivity index (χ0) is 19.8. The van der Waals surface area contributed by atoms with Crippen LogP contribution in [0.2, 0.25) is 0 Å². The highest BCUT2D eigenvalue weighted by Crippen LogP contribution is 2.29. The van der Waals surface area contributed by atoms with E-state index < -0.39 is 12.1 Å². The number of nitrogens with one attached hydrogen (secondary N) is 1. The molecule has 1 aromatic carbocycles. The Bertz CT molecular complexity index is 911. The summed E-state index contributed by atoms with van der Waals surface area (Å²) in [5.41, 5.74) is 2.06. The van der Waals surface area contributed by atoms with Crippen LogP contribution in [-0.2, 0) is 4.79 Å². The fraction of sp³-hybridized carbons (Fsp3) is 0.333. The van der Waals surface area contributed by atoms with Gasteiger partial charge in [-0.2, -0.15) is 0 Å². The summed E-state index contributed by atoms with van der Waals surface area (Å²) in [7, 11) is 0. The normalized spacial score (nSPS) is 21.7. The van der Waals surface area contributed by atoms with Crippen molar-refractivity contribution in [3.63, 3.8) is 0 Å². The molecule has 1 N–H and O–H groups in total. The van der Waals surface area contributed by atoms with Crippen molar-refractivity contribution in [2.45, 2.75) is 38.3 Å². The minimum Gasteiger partial charge on any atom is -0.332 e. The van der Waals surface area contributed by atoms with Gasteiger partial charge in [0, 0.05) is 18.9 Å². The van der Waals surface area contributed by atoms with Crippen LogP contribution >= 0.6 is 0 Å². The third kappa shape index (κ3) is 3.02. The monoisotopic (exact) mass is 378 g/mol. The summed E-state index contributed by atoms with van der Waals surface area (Å²) in [6, 6.07) is 9.22. The lowest BCUT2D eigenvalue weighted by Gasteiger charge is -2.37. The maximum Gasteiger partial charge on any atom is 0.329 e. The van der Waals surface area contributed by atoms with E-state index in [1.165, 1.54) is 6.20 Å². The quantitative estimate of drug-likeness (QED) is 0.890. The average Bonchev–Trinajstić information content (AvgIpc) is 3.12. The molecule has 3 heterocycles. The average molecular weight is 378 g/mol. The van der Waals surface area contributed by atoms with E-state index in [2.05, 4.69) is 24.1 Å². The van der Waals surface area contributed by atoms with E-state index in [0.29, 0.717) is 30.1 Å². The number of anilines is 1. The molecule has 4 amide bonds. The predicted molar refractivity (Wildman–Crippen MR) is 104 cm³/mol. The first-order chi connectivity index (χ1) is 13.5. The molecule has 2 aromatic rings. The van der Waals surface area contributed by atoms with Crippen molar-refractivity contribution in [2.75, 3.05) is 11.4 Å². The number of imide groups is 1. The van der Waals surface area contributed by atoms with Gasteiger partial charge in [0.25, 0.3) is 11.8 Å². The number of aromatic nitrogens is 1. The van der Waals surface area contributed by atoms with Crippen LogP contribution in [0.3, 0.4) is 0 Å². The van der Waals surface area contributed by atoms with Crippen molar-refractivity contribution in [3.8, 4) is 0 Å². The largest absolute Gasteiger partial charge is 0.332 e. The van der Waals surface area contributed by atoms with Gasteiger partial charge >= 0.3 is 6.03 Å². The molecule has 1 aromatic heterocycles. The lowest BCUT2D eigenvalue weighted by molar-refractivity contribution is -0.122. The maximum absolute atomic E-state index is 13.2. The van der Waals surface area contributed by atoms with E-state index in [1.807, 2.05) is 12.1 Å². The van der Waals surface area contributed by atoms with Crippen LogP contribution in [-0.4, -0.2) is 46.4 Å². The first-order valence-electron chi connectivity index (χ1n) is 9.43. The minimum absolute atomic E-state index is 0.250. The van der Waals surface area contributed by atoms with Crippen LogP contribution in [0, 0.1) is 0 Å². The second-order valence-electron chi connectivity index (χ2n) is 7.45. The summed E-state index contributed by atoms with van der Waals surface area (Å²) in [4.78, 5) is 45.4. The van der Waals surface area contributed by atoms with E-state index in [-0.39, 0.29) is 17.9 Å². The van der Waals surface area contributed by atoms with Crippen LogP contribution in [0.4, 0.5) is 10.5 Å². The summed E-state index contributed by atoms with van der Waals surface area (Å²) in [6.45, 7) is 4.58. The molecule has 0 unspecified atom stereocenters. The molecule has 2 aliphatic rings. The Morgan fingerprint density at radius 1 is 1.18 bits per heavy atom. The maximum atomic E-state index is 13.2. The van der Waals surface area contributed by atoms with Gasteiger partial charge < -0.3 is 10.2 Å². The number of likely N-dealkylation sites (tertiary alicyclic amines) is 1. The molecule has 7 nitrogen and oxygen atoms in total. The molecule has 0 bridgehead atoms. The number of hydrogen-bond acceptors (Lipinski definition) is 4. The zero-order valence-corrected chi connectivity index (χ0v) is 15.8. The Hall–Kier alpha value is -3.22. The van der Waals surface area contributed by atoms with Crippen molar-refractivity contribution < 1.29 is 14.4 Å². The summed E-state index contributed by atoms with van der Waals surface area (Å²) < 4.78 is 0. The van der Waals surface area contributed by atoms with Gasteiger partial charge in [-0.25, -0.2) is 9.69 Å². The van der Waals surface area contributed by atoms with Crippen LogP contribution in [0.5, 0.6) is 0 Å². The molecule has 2 atom stereocenters. The van der Waals surface area contributed by atoms with Gasteiger partial charge in [-0.05, 0) is 42.2 Å². The number of hydrogen-bond donors (Lipinski definition) is 1. The molecule has 2 saturated heterocycles. The second kappa shape index (κ2) is 7.07. The predicted octanol–water partition coefficient (Wildman–Crippen LogP) is 2.54. The van der Waals surface area contributed by atoms with E-state index in [0.717, 1.165) is 10.5 Å². The highest BCUT2D eigenvalue weighted by Gasteiger charge is 2.50. The second-order valence-corrected chi connectivity index (χ2v) is 7.45. The van der Waals surface area contributed by atoms with Gasteiger partial charge in [0.1, 0.15) is 6.04 Å². The van der Waals surface area contributed by atoms with E-state index in [4.69, 9.17) is 0 Å². The number of benzene rings is 1. The van der Waals surface area contributed by atoms with Crippen molar-refractivity contribution >= 4 is 23.5 Å². The summed E-state index contributed by atoms with van der Waals surface area (Å²) >= 11 is 0. The van der Waals surface area contributed by atoms with Crippen LogP contribution < -0.4 is 10.2 Å². The molecule has 0 saturated carbocycles. The first kappa shape index (κ1) is 18.2. The van der Waals surface area contributed by atoms with Crippen molar-refractivity contribution in [1.82, 2.24) is 15.2 Å². The van der Waals surface area contributed by atoms with Gasteiger partial charge in [0.05, 0.1) is 17.3 Å². The highest BCUT2D eigenvalue weighted by molar-refractivity contribution is 6.19. The lowest BCUT2D eigenvalue weighted by Crippen LogP contribution is -2.65. The molecule has 144 valence electrons. The van der Waals surface area contributed by atoms with Gasteiger partial charge in [-0.15, -0.1) is 0 Å². The Morgan fingerprint density at radius 2 is 1.93 bits per heavy atom. The molecule has 4 rings (SSSR count). The molecule has 0 radical (unpaired) electrons. The summed E-state index contributed by atoms with van der Waals surface area (Å²) in [5.74, 6) is -0.271. The van der Waals surface area contributed by atoms with Gasteiger partial charge in [-0.3, -0.25) is 14.6 Å². The number of carbonyl (C=O) groups excluding carboxylic acids is 3. The Labute approximate surface area is 163 Å². The third-order valence-electron chi connectivity index (χ3n) is 5.37. The molecular weight excluding hydrogens is 356 g/mol. The number of nitrogens with zero attached hydrogens (tertiary/aromatic N) is 3. The molecular formula is C21H22N4O3. The topological polar surface area (TPSA) is 82.6 Å². The van der Waals surface area contributed by atoms with Gasteiger partial charge in [-0.1, -0.05) is 26.0 Å². The number of carbonyl (C=O) groups is 3. The lowest BCUT2D eigenvalue weighted by atomic mass is 10.0. The fourth-order valence-electron chi connectivity index (χ4n) is 3.84. The van der Waals surface area contributed by atoms with Gasteiger partial charge in [0.15, 0.2) is 0 Å². The SMILES string of the molecule is CC(C)c1ccc(N2C(=O)N[C@@H]3CCN(C(=O)c4cccnc4)[C@H]3C2=O)cc1. The van der Waals surface area contributed by atoms with Crippen molar-refractivity contribution in [2.24, 2.45) is 0 Å². The summed E-state index contributed by atoms with van der Waals surface area (Å²) in [5, 5.41) is 2.89. The number of amides is 4. The van der Waals surface area contributed by atoms with Gasteiger partial charge in [0.2, 0.25) is 0 Å². The third-order valence-corrected chi connectivity index (χ3v) is 5.37. The molecule has 7 heteroatoms. The summed E-state index contributed by atoms with van der Waals surface area (Å²) in [6.07, 6.45) is 3.64. The molecule has 0 spiro atoms. The molecule has 28 heavy (non-hydrogen) atoms. The Morgan fingerprint density at radius 3 is 2.57 bits per heavy atom. The Kier molecular flexibility index (Phi) is 4.58. The molecule has 2 aliphatic heterocycles. The highest BCUT2D eigenvalue weighted by atomic mass is 16.2. The van der Waals surface area contributed by atoms with Crippen molar-refractivity contribution in [1.29, 1.82) is 0 Å². The minimum atomic E-state index is -0.713. The molecule has 0 aliphatic carbocycles. The first-order valence-corrected chi connectivity index (χ1v) is 9.43. The number of rotatable bonds is 3. The fourth-order valence-corrected chi connectivity index (χ4v) is 3.84. The number of fused-ring (bicyclic) bond motifs is 1. The van der Waals surface area contributed by atoms with Crippen LogP contribution in [0.25, 0.3) is 0 Å². The number of urea groups is 1. The standard InChI is InChI=1S/C21H22N4O3/c1-13(2)14-5-7-16(8-6-14)25-20(27)18-17(23-21(25)28)9-11-24(18)19(26)15-4-3-10-22-12-15/h3-8,10,12-13,17-18H,9,11H2,1-2H3,(H,23,28)/t17-,18-/m1/s1. The van der Waals surface area contributed by atoms with Crippen LogP contribution in [0.15, 0.2) is 48.8 Å². The number of pyridine rings is 1. The van der Waals surface area contributed by atoms with Crippen molar-refractivity contribution in [3.05, 3.63) is 59.9 Å². The van der Waals surface area contributed by atoms with E-state index in [9.17, 15) is 14.4 Å². The zero-order valence-electron chi connectivity index (χ0n) is 15.8.